The van der Waals surface area contributed by atoms with E-state index < -0.39 is 17.5 Å². The standard InChI is InChI=1S/C13H15IN2O3/c1-13(11(17)18,8-2-3-8)16-12(19)15-10-6-4-9(14)5-7-10/h4-8H,2-3H2,1H3,(H,17,18)(H2,15,16,19). The van der Waals surface area contributed by atoms with E-state index in [1.165, 1.54) is 0 Å². The summed E-state index contributed by atoms with van der Waals surface area (Å²) in [5.41, 5.74) is -0.547. The van der Waals surface area contributed by atoms with Crippen molar-refractivity contribution in [2.24, 2.45) is 5.92 Å². The molecule has 1 atom stereocenters. The number of carboxylic acid groups (broad SMARTS) is 1. The smallest absolute Gasteiger partial charge is 0.329 e. The average Bonchev–Trinajstić information content (AvgIpc) is 3.16. The molecular formula is C13H15IN2O3. The Morgan fingerprint density at radius 1 is 1.32 bits per heavy atom. The molecule has 5 nitrogen and oxygen atoms in total. The van der Waals surface area contributed by atoms with Crippen molar-refractivity contribution in [1.29, 1.82) is 0 Å². The molecule has 1 unspecified atom stereocenters. The molecule has 0 bridgehead atoms. The second kappa shape index (κ2) is 5.36. The lowest BCUT2D eigenvalue weighted by molar-refractivity contribution is -0.144. The van der Waals surface area contributed by atoms with E-state index in [0.717, 1.165) is 16.4 Å². The second-order valence-corrected chi connectivity index (χ2v) is 6.11. The lowest BCUT2D eigenvalue weighted by Gasteiger charge is -2.26. The number of aliphatic carboxylic acids is 1. The number of amides is 2. The van der Waals surface area contributed by atoms with Crippen molar-refractivity contribution in [1.82, 2.24) is 5.32 Å². The molecule has 3 N–H and O–H groups in total. The quantitative estimate of drug-likeness (QED) is 0.710. The summed E-state index contributed by atoms with van der Waals surface area (Å²) in [6.45, 7) is 1.56. The predicted molar refractivity (Wildman–Crippen MR) is 80.1 cm³/mol. The number of urea groups is 1. The minimum Gasteiger partial charge on any atom is -0.480 e. The monoisotopic (exact) mass is 374 g/mol. The van der Waals surface area contributed by atoms with E-state index in [-0.39, 0.29) is 5.92 Å². The van der Waals surface area contributed by atoms with Crippen LogP contribution in [0.15, 0.2) is 24.3 Å². The van der Waals surface area contributed by atoms with Crippen LogP contribution < -0.4 is 10.6 Å². The van der Waals surface area contributed by atoms with Gasteiger partial charge in [-0.2, -0.15) is 0 Å². The van der Waals surface area contributed by atoms with Crippen molar-refractivity contribution in [2.45, 2.75) is 25.3 Å². The summed E-state index contributed by atoms with van der Waals surface area (Å²) in [6, 6.07) is 6.80. The van der Waals surface area contributed by atoms with Crippen LogP contribution in [0.2, 0.25) is 0 Å². The number of carbonyl (C=O) groups is 2. The van der Waals surface area contributed by atoms with Gasteiger partial charge in [-0.15, -0.1) is 0 Å². The van der Waals surface area contributed by atoms with Crippen LogP contribution in [0.5, 0.6) is 0 Å². The third-order valence-electron chi connectivity index (χ3n) is 3.31. The van der Waals surface area contributed by atoms with Gasteiger partial charge in [-0.05, 0) is 72.5 Å². The Morgan fingerprint density at radius 3 is 2.37 bits per heavy atom. The Morgan fingerprint density at radius 2 is 1.89 bits per heavy atom. The van der Waals surface area contributed by atoms with Crippen LogP contribution in [0.3, 0.4) is 0 Å². The average molecular weight is 374 g/mol. The first kappa shape index (κ1) is 14.1. The highest BCUT2D eigenvalue weighted by Gasteiger charge is 2.48. The molecule has 2 amide bonds. The van der Waals surface area contributed by atoms with Gasteiger partial charge in [-0.1, -0.05) is 0 Å². The summed E-state index contributed by atoms with van der Waals surface area (Å²) < 4.78 is 1.07. The molecule has 1 aromatic carbocycles. The van der Waals surface area contributed by atoms with Crippen molar-refractivity contribution < 1.29 is 14.7 Å². The van der Waals surface area contributed by atoms with Gasteiger partial charge in [0.15, 0.2) is 0 Å². The molecule has 6 heteroatoms. The van der Waals surface area contributed by atoms with Crippen LogP contribution in [-0.2, 0) is 4.79 Å². The van der Waals surface area contributed by atoms with Crippen LogP contribution in [0, 0.1) is 9.49 Å². The maximum absolute atomic E-state index is 11.9. The van der Waals surface area contributed by atoms with Gasteiger partial charge in [-0.3, -0.25) is 0 Å². The molecule has 0 heterocycles. The third-order valence-corrected chi connectivity index (χ3v) is 4.03. The molecule has 19 heavy (non-hydrogen) atoms. The van der Waals surface area contributed by atoms with E-state index in [1.807, 2.05) is 12.1 Å². The van der Waals surface area contributed by atoms with E-state index in [2.05, 4.69) is 33.2 Å². The lowest BCUT2D eigenvalue weighted by atomic mass is 9.96. The fourth-order valence-corrected chi connectivity index (χ4v) is 2.28. The van der Waals surface area contributed by atoms with Crippen LogP contribution in [-0.4, -0.2) is 22.6 Å². The van der Waals surface area contributed by atoms with Crippen LogP contribution in [0.4, 0.5) is 10.5 Å². The molecule has 1 aliphatic carbocycles. The number of anilines is 1. The number of rotatable bonds is 4. The van der Waals surface area contributed by atoms with Crippen molar-refractivity contribution in [3.8, 4) is 0 Å². The van der Waals surface area contributed by atoms with Crippen LogP contribution >= 0.6 is 22.6 Å². The highest BCUT2D eigenvalue weighted by molar-refractivity contribution is 14.1. The molecule has 0 aliphatic heterocycles. The van der Waals surface area contributed by atoms with E-state index in [0.29, 0.717) is 5.69 Å². The Kier molecular flexibility index (Phi) is 3.98. The largest absolute Gasteiger partial charge is 0.480 e. The zero-order chi connectivity index (χ0) is 14.0. The molecule has 1 fully saturated rings. The number of carbonyl (C=O) groups excluding carboxylic acids is 1. The highest BCUT2D eigenvalue weighted by atomic mass is 127. The fraction of sp³-hybridized carbons (Fsp3) is 0.385. The predicted octanol–water partition coefficient (Wildman–Crippen LogP) is 2.67. The summed E-state index contributed by atoms with van der Waals surface area (Å²) in [4.78, 5) is 23.2. The molecule has 1 aliphatic rings. The molecular weight excluding hydrogens is 359 g/mol. The molecule has 102 valence electrons. The van der Waals surface area contributed by atoms with Crippen LogP contribution in [0.25, 0.3) is 0 Å². The number of carboxylic acids is 1. The molecule has 0 spiro atoms. The van der Waals surface area contributed by atoms with Gasteiger partial charge in [0.05, 0.1) is 0 Å². The van der Waals surface area contributed by atoms with Crippen molar-refractivity contribution in [3.63, 3.8) is 0 Å². The van der Waals surface area contributed by atoms with E-state index in [9.17, 15) is 14.7 Å². The Bertz CT molecular complexity index is 499. The van der Waals surface area contributed by atoms with E-state index >= 15 is 0 Å². The summed E-state index contributed by atoms with van der Waals surface area (Å²) in [6.07, 6.45) is 1.68. The minimum absolute atomic E-state index is 0.0208. The summed E-state index contributed by atoms with van der Waals surface area (Å²) in [7, 11) is 0. The third kappa shape index (κ3) is 3.37. The molecule has 2 rings (SSSR count). The number of nitrogens with one attached hydrogen (secondary N) is 2. The summed E-state index contributed by atoms with van der Waals surface area (Å²) in [5, 5.41) is 14.5. The van der Waals surface area contributed by atoms with Crippen molar-refractivity contribution in [2.75, 3.05) is 5.32 Å². The number of benzene rings is 1. The van der Waals surface area contributed by atoms with Crippen LogP contribution in [0.1, 0.15) is 19.8 Å². The van der Waals surface area contributed by atoms with Gasteiger partial charge in [0.1, 0.15) is 5.54 Å². The normalized spacial score (nSPS) is 17.4. The first-order chi connectivity index (χ1) is 8.91. The highest BCUT2D eigenvalue weighted by Crippen LogP contribution is 2.39. The fourth-order valence-electron chi connectivity index (χ4n) is 1.92. The van der Waals surface area contributed by atoms with Crippen molar-refractivity contribution >= 4 is 40.3 Å². The van der Waals surface area contributed by atoms with Crippen molar-refractivity contribution in [3.05, 3.63) is 27.8 Å². The Labute approximate surface area is 124 Å². The zero-order valence-corrected chi connectivity index (χ0v) is 12.6. The number of hydrogen-bond acceptors (Lipinski definition) is 2. The maximum atomic E-state index is 11.9. The van der Waals surface area contributed by atoms with Gasteiger partial charge in [0.25, 0.3) is 0 Å². The van der Waals surface area contributed by atoms with Gasteiger partial charge in [0.2, 0.25) is 0 Å². The number of halogens is 1. The first-order valence-electron chi connectivity index (χ1n) is 6.00. The first-order valence-corrected chi connectivity index (χ1v) is 7.08. The van der Waals surface area contributed by atoms with Gasteiger partial charge in [0, 0.05) is 9.26 Å². The molecule has 1 aromatic rings. The topological polar surface area (TPSA) is 78.4 Å². The van der Waals surface area contributed by atoms with Gasteiger partial charge < -0.3 is 15.7 Å². The maximum Gasteiger partial charge on any atom is 0.329 e. The number of hydrogen-bond donors (Lipinski definition) is 3. The molecule has 0 radical (unpaired) electrons. The molecule has 1 saturated carbocycles. The minimum atomic E-state index is -1.19. The Hall–Kier alpha value is -1.31. The molecule has 0 aromatic heterocycles. The summed E-state index contributed by atoms with van der Waals surface area (Å²) in [5.74, 6) is -0.972. The SMILES string of the molecule is CC(NC(=O)Nc1ccc(I)cc1)(C(=O)O)C1CC1. The molecule has 0 saturated heterocycles. The Balaban J connectivity index is 2.00. The lowest BCUT2D eigenvalue weighted by Crippen LogP contribution is -2.55. The summed E-state index contributed by atoms with van der Waals surface area (Å²) >= 11 is 2.17. The zero-order valence-electron chi connectivity index (χ0n) is 10.4. The van der Waals surface area contributed by atoms with Gasteiger partial charge in [-0.25, -0.2) is 9.59 Å². The van der Waals surface area contributed by atoms with E-state index in [1.54, 1.807) is 19.1 Å². The second-order valence-electron chi connectivity index (χ2n) is 4.87. The van der Waals surface area contributed by atoms with Gasteiger partial charge >= 0.3 is 12.0 Å². The van der Waals surface area contributed by atoms with E-state index in [4.69, 9.17) is 0 Å².